The molecule has 1 aromatic carbocycles. The van der Waals surface area contributed by atoms with Gasteiger partial charge in [0.15, 0.2) is 5.65 Å². The van der Waals surface area contributed by atoms with Gasteiger partial charge in [-0.25, -0.2) is 9.50 Å². The van der Waals surface area contributed by atoms with Crippen LogP contribution in [0.4, 0.5) is 5.69 Å². The second-order valence-corrected chi connectivity index (χ2v) is 10.1. The van der Waals surface area contributed by atoms with Crippen LogP contribution < -0.4 is 15.8 Å². The van der Waals surface area contributed by atoms with E-state index in [1.807, 2.05) is 26.0 Å². The SMILES string of the molecule is CCN(c1cc(Cl)cc(C(=O)NCc2c(C)cc3nc[nH]n3c2=O)c1C)C1CCC(N(C)C)CC1. The molecule has 2 heterocycles. The molecule has 0 atom stereocenters. The molecular weight excluding hydrogens is 464 g/mol. The molecule has 0 aliphatic heterocycles. The van der Waals surface area contributed by atoms with Gasteiger partial charge in [0, 0.05) is 47.0 Å². The standard InChI is InChI=1S/C26H35ClN6O2/c1-6-32(20-9-7-19(8-10-20)31(4)5)23-13-18(27)12-21(17(23)3)25(34)28-14-22-16(2)11-24-29-15-30-33(24)26(22)35/h11-13,15,19-20H,6-10,14H2,1-5H3,(H,28,34)(H,29,30). The molecule has 8 nitrogen and oxygen atoms in total. The van der Waals surface area contributed by atoms with Crippen molar-refractivity contribution in [3.05, 3.63) is 62.2 Å². The lowest BCUT2D eigenvalue weighted by Gasteiger charge is -2.40. The van der Waals surface area contributed by atoms with Crippen LogP contribution in [0.25, 0.3) is 5.65 Å². The number of benzene rings is 1. The van der Waals surface area contributed by atoms with Crippen LogP contribution in [0.5, 0.6) is 0 Å². The van der Waals surface area contributed by atoms with E-state index in [-0.39, 0.29) is 18.0 Å². The van der Waals surface area contributed by atoms with Crippen LogP contribution in [0.3, 0.4) is 0 Å². The number of aryl methyl sites for hydroxylation is 1. The van der Waals surface area contributed by atoms with E-state index in [0.29, 0.717) is 33.9 Å². The van der Waals surface area contributed by atoms with E-state index >= 15 is 0 Å². The van der Waals surface area contributed by atoms with Gasteiger partial charge in [-0.1, -0.05) is 11.6 Å². The minimum absolute atomic E-state index is 0.124. The molecule has 0 spiro atoms. The summed E-state index contributed by atoms with van der Waals surface area (Å²) in [5.41, 5.74) is 4.09. The second kappa shape index (κ2) is 10.4. The Morgan fingerprint density at radius 1 is 1.17 bits per heavy atom. The first-order chi connectivity index (χ1) is 16.7. The Kier molecular flexibility index (Phi) is 7.52. The second-order valence-electron chi connectivity index (χ2n) is 9.68. The molecule has 2 aromatic heterocycles. The predicted octanol–water partition coefficient (Wildman–Crippen LogP) is 3.92. The normalized spacial score (nSPS) is 18.3. The Bertz CT molecular complexity index is 1270. The maximum absolute atomic E-state index is 13.3. The van der Waals surface area contributed by atoms with Crippen LogP contribution in [0.2, 0.25) is 5.02 Å². The molecule has 0 bridgehead atoms. The predicted molar refractivity (Wildman–Crippen MR) is 141 cm³/mol. The number of aromatic amines is 1. The van der Waals surface area contributed by atoms with E-state index in [2.05, 4.69) is 46.2 Å². The molecule has 1 aliphatic carbocycles. The highest BCUT2D eigenvalue weighted by molar-refractivity contribution is 6.31. The molecule has 1 amide bonds. The van der Waals surface area contributed by atoms with E-state index in [1.165, 1.54) is 10.8 Å². The number of fused-ring (bicyclic) bond motifs is 1. The quantitative estimate of drug-likeness (QED) is 0.515. The summed E-state index contributed by atoms with van der Waals surface area (Å²) in [6.07, 6.45) is 6.03. The van der Waals surface area contributed by atoms with Crippen molar-refractivity contribution in [1.82, 2.24) is 24.8 Å². The third kappa shape index (κ3) is 5.09. The zero-order valence-electron chi connectivity index (χ0n) is 21.2. The van der Waals surface area contributed by atoms with Crippen LogP contribution in [0.1, 0.15) is 59.7 Å². The fraction of sp³-hybridized carbons (Fsp3) is 0.500. The van der Waals surface area contributed by atoms with Crippen molar-refractivity contribution >= 4 is 28.8 Å². The summed E-state index contributed by atoms with van der Waals surface area (Å²) >= 11 is 6.51. The number of hydrogen-bond donors (Lipinski definition) is 2. The molecule has 3 aromatic rings. The van der Waals surface area contributed by atoms with Crippen LogP contribution >= 0.6 is 11.6 Å². The van der Waals surface area contributed by atoms with Gasteiger partial charge in [0.25, 0.3) is 11.5 Å². The van der Waals surface area contributed by atoms with E-state index in [9.17, 15) is 9.59 Å². The Morgan fingerprint density at radius 2 is 1.86 bits per heavy atom. The van der Waals surface area contributed by atoms with E-state index < -0.39 is 0 Å². The molecule has 0 saturated heterocycles. The van der Waals surface area contributed by atoms with Crippen molar-refractivity contribution in [2.24, 2.45) is 0 Å². The Labute approximate surface area is 211 Å². The number of nitrogens with zero attached hydrogens (tertiary/aromatic N) is 4. The average Bonchev–Trinajstić information content (AvgIpc) is 3.30. The van der Waals surface area contributed by atoms with Crippen molar-refractivity contribution in [2.45, 2.75) is 65.1 Å². The maximum atomic E-state index is 13.3. The van der Waals surface area contributed by atoms with Crippen LogP contribution in [0.15, 0.2) is 29.3 Å². The monoisotopic (exact) mass is 498 g/mol. The summed E-state index contributed by atoms with van der Waals surface area (Å²) in [7, 11) is 4.30. The number of hydrogen-bond acceptors (Lipinski definition) is 5. The van der Waals surface area contributed by atoms with E-state index in [1.54, 1.807) is 6.07 Å². The van der Waals surface area contributed by atoms with Crippen molar-refractivity contribution < 1.29 is 4.79 Å². The summed E-state index contributed by atoms with van der Waals surface area (Å²) < 4.78 is 1.38. The van der Waals surface area contributed by atoms with Gasteiger partial charge in [0.05, 0.1) is 0 Å². The van der Waals surface area contributed by atoms with Crippen molar-refractivity contribution in [3.8, 4) is 0 Å². The fourth-order valence-corrected chi connectivity index (χ4v) is 5.53. The molecular formula is C26H35ClN6O2. The number of pyridine rings is 1. The lowest BCUT2D eigenvalue weighted by molar-refractivity contribution is 0.0950. The smallest absolute Gasteiger partial charge is 0.276 e. The lowest BCUT2D eigenvalue weighted by Crippen LogP contribution is -2.42. The van der Waals surface area contributed by atoms with Crippen LogP contribution in [0, 0.1) is 13.8 Å². The molecule has 1 fully saturated rings. The number of anilines is 1. The first-order valence-corrected chi connectivity index (χ1v) is 12.6. The first kappa shape index (κ1) is 25.3. The maximum Gasteiger partial charge on any atom is 0.276 e. The molecule has 35 heavy (non-hydrogen) atoms. The number of rotatable bonds is 7. The molecule has 0 unspecified atom stereocenters. The zero-order chi connectivity index (χ0) is 25.3. The highest BCUT2D eigenvalue weighted by Gasteiger charge is 2.28. The summed E-state index contributed by atoms with van der Waals surface area (Å²) in [4.78, 5) is 34.9. The van der Waals surface area contributed by atoms with Crippen molar-refractivity contribution in [2.75, 3.05) is 25.5 Å². The summed E-state index contributed by atoms with van der Waals surface area (Å²) in [6.45, 7) is 6.95. The van der Waals surface area contributed by atoms with E-state index in [4.69, 9.17) is 11.6 Å². The van der Waals surface area contributed by atoms with Gasteiger partial charge in [-0.15, -0.1) is 0 Å². The highest BCUT2D eigenvalue weighted by Crippen LogP contribution is 2.34. The first-order valence-electron chi connectivity index (χ1n) is 12.3. The van der Waals surface area contributed by atoms with Gasteiger partial charge < -0.3 is 15.1 Å². The zero-order valence-corrected chi connectivity index (χ0v) is 21.9. The van der Waals surface area contributed by atoms with Gasteiger partial charge in [0.1, 0.15) is 6.33 Å². The molecule has 1 aliphatic rings. The Morgan fingerprint density at radius 3 is 2.51 bits per heavy atom. The largest absolute Gasteiger partial charge is 0.369 e. The topological polar surface area (TPSA) is 85.7 Å². The number of nitrogens with one attached hydrogen (secondary N) is 2. The Hall–Kier alpha value is -2.84. The van der Waals surface area contributed by atoms with E-state index in [0.717, 1.165) is 49.0 Å². The van der Waals surface area contributed by atoms with Gasteiger partial charge in [0.2, 0.25) is 0 Å². The van der Waals surface area contributed by atoms with Crippen LogP contribution in [-0.2, 0) is 6.54 Å². The van der Waals surface area contributed by atoms with Crippen LogP contribution in [-0.4, -0.2) is 58.1 Å². The number of amides is 1. The molecule has 2 N–H and O–H groups in total. The molecule has 0 radical (unpaired) electrons. The average molecular weight is 499 g/mol. The third-order valence-electron chi connectivity index (χ3n) is 7.40. The minimum atomic E-state index is -0.243. The molecule has 188 valence electrons. The molecule has 9 heteroatoms. The van der Waals surface area contributed by atoms with Crippen molar-refractivity contribution in [1.29, 1.82) is 0 Å². The summed E-state index contributed by atoms with van der Waals surface area (Å²) in [5, 5.41) is 6.28. The lowest BCUT2D eigenvalue weighted by atomic mass is 9.89. The minimum Gasteiger partial charge on any atom is -0.369 e. The summed E-state index contributed by atoms with van der Waals surface area (Å²) in [5.74, 6) is -0.243. The Balaban J connectivity index is 1.55. The number of H-pyrrole nitrogens is 1. The number of halogens is 1. The number of carbonyl (C=O) groups is 1. The number of carbonyl (C=O) groups excluding carboxylic acids is 1. The van der Waals surface area contributed by atoms with Gasteiger partial charge in [-0.05, 0) is 89.9 Å². The van der Waals surface area contributed by atoms with Gasteiger partial charge >= 0.3 is 0 Å². The van der Waals surface area contributed by atoms with Gasteiger partial charge in [-0.3, -0.25) is 14.7 Å². The summed E-state index contributed by atoms with van der Waals surface area (Å²) in [6, 6.07) is 6.56. The highest BCUT2D eigenvalue weighted by atomic mass is 35.5. The van der Waals surface area contributed by atoms with Crippen molar-refractivity contribution in [3.63, 3.8) is 0 Å². The third-order valence-corrected chi connectivity index (χ3v) is 7.62. The molecule has 1 saturated carbocycles. The van der Waals surface area contributed by atoms with Gasteiger partial charge in [-0.2, -0.15) is 0 Å². The number of aromatic nitrogens is 3. The fourth-order valence-electron chi connectivity index (χ4n) is 5.31. The molecule has 4 rings (SSSR count).